The monoisotopic (exact) mass is 264 g/mol. The van der Waals surface area contributed by atoms with E-state index < -0.39 is 5.97 Å². The molecule has 0 unspecified atom stereocenters. The largest absolute Gasteiger partial charge is 0.481 e. The van der Waals surface area contributed by atoms with Crippen LogP contribution in [-0.4, -0.2) is 11.1 Å². The highest BCUT2D eigenvalue weighted by molar-refractivity contribution is 5.66. The van der Waals surface area contributed by atoms with E-state index in [9.17, 15) is 4.79 Å². The minimum absolute atomic E-state index is 0.290. The molecule has 1 aromatic heterocycles. The fourth-order valence-corrected chi connectivity index (χ4v) is 2.40. The van der Waals surface area contributed by atoms with Crippen molar-refractivity contribution >= 4 is 5.97 Å². The van der Waals surface area contributed by atoms with Gasteiger partial charge in [-0.05, 0) is 37.2 Å². The van der Waals surface area contributed by atoms with Crippen LogP contribution in [0.1, 0.15) is 63.9 Å². The number of carboxylic acids is 1. The summed E-state index contributed by atoms with van der Waals surface area (Å²) in [5.74, 6) is -0.0209. The van der Waals surface area contributed by atoms with Crippen molar-refractivity contribution in [3.8, 4) is 0 Å². The van der Waals surface area contributed by atoms with Crippen LogP contribution in [0.2, 0.25) is 0 Å². The zero-order valence-electron chi connectivity index (χ0n) is 12.1. The van der Waals surface area contributed by atoms with E-state index in [1.54, 1.807) is 0 Å². The Morgan fingerprint density at radius 1 is 1.16 bits per heavy atom. The highest BCUT2D eigenvalue weighted by Crippen LogP contribution is 2.21. The minimum Gasteiger partial charge on any atom is -0.481 e. The quantitative estimate of drug-likeness (QED) is 0.547. The molecule has 0 aliphatic rings. The number of nitrogens with zero attached hydrogens (tertiary/aromatic N) is 1. The van der Waals surface area contributed by atoms with Gasteiger partial charge in [-0.1, -0.05) is 13.8 Å². The molecule has 19 heavy (non-hydrogen) atoms. The second kappa shape index (κ2) is 8.68. The summed E-state index contributed by atoms with van der Waals surface area (Å²) in [7, 11) is 0. The van der Waals surface area contributed by atoms with E-state index in [-0.39, 0.29) is 6.42 Å². The van der Waals surface area contributed by atoms with Gasteiger partial charge in [-0.15, -0.1) is 0 Å². The molecule has 3 heteroatoms. The summed E-state index contributed by atoms with van der Waals surface area (Å²) in [5.41, 5.74) is 1.42. The average Bonchev–Trinajstić information content (AvgIpc) is 2.41. The third kappa shape index (κ3) is 5.86. The smallest absolute Gasteiger partial charge is 0.303 e. The van der Waals surface area contributed by atoms with Gasteiger partial charge in [0.25, 0.3) is 0 Å². The molecule has 0 radical (unpaired) electrons. The summed E-state index contributed by atoms with van der Waals surface area (Å²) in [6.45, 7) is 5.44. The number of rotatable bonds is 9. The van der Waals surface area contributed by atoms with Crippen LogP contribution in [-0.2, 0) is 11.3 Å². The Morgan fingerprint density at radius 3 is 2.32 bits per heavy atom. The van der Waals surface area contributed by atoms with Crippen molar-refractivity contribution in [2.75, 3.05) is 0 Å². The molecular weight excluding hydrogens is 238 g/mol. The van der Waals surface area contributed by atoms with Gasteiger partial charge in [-0.2, -0.15) is 0 Å². The fourth-order valence-electron chi connectivity index (χ4n) is 2.40. The topological polar surface area (TPSA) is 41.2 Å². The number of carboxylic acid groups (broad SMARTS) is 1. The summed E-state index contributed by atoms with van der Waals surface area (Å²) < 4.78 is 2.19. The third-order valence-electron chi connectivity index (χ3n) is 3.68. The first-order chi connectivity index (χ1) is 9.17. The number of pyridine rings is 1. The van der Waals surface area contributed by atoms with Crippen LogP contribution in [0, 0.1) is 0 Å². The number of aryl methyl sites for hydroxylation is 1. The van der Waals surface area contributed by atoms with E-state index in [1.807, 2.05) is 0 Å². The van der Waals surface area contributed by atoms with Crippen LogP contribution in [0.15, 0.2) is 24.5 Å². The average molecular weight is 264 g/mol. The van der Waals surface area contributed by atoms with E-state index in [0.717, 1.165) is 25.8 Å². The van der Waals surface area contributed by atoms with Gasteiger partial charge in [0.05, 0.1) is 0 Å². The lowest BCUT2D eigenvalue weighted by Gasteiger charge is -2.11. The highest BCUT2D eigenvalue weighted by Gasteiger charge is 2.08. The number of hydrogen-bond donors (Lipinski definition) is 1. The van der Waals surface area contributed by atoms with Crippen molar-refractivity contribution in [1.82, 2.24) is 0 Å². The van der Waals surface area contributed by atoms with Gasteiger partial charge in [0.2, 0.25) is 0 Å². The Kier molecular flexibility index (Phi) is 7.16. The lowest BCUT2D eigenvalue weighted by molar-refractivity contribution is -0.697. The second-order valence-electron chi connectivity index (χ2n) is 5.09. The zero-order valence-corrected chi connectivity index (χ0v) is 12.1. The van der Waals surface area contributed by atoms with Crippen molar-refractivity contribution in [2.24, 2.45) is 0 Å². The van der Waals surface area contributed by atoms with Crippen LogP contribution in [0.5, 0.6) is 0 Å². The maximum atomic E-state index is 10.4. The summed E-state index contributed by atoms with van der Waals surface area (Å²) in [5, 5.41) is 8.55. The van der Waals surface area contributed by atoms with E-state index in [2.05, 4.69) is 42.9 Å². The number of aliphatic carboxylic acids is 1. The summed E-state index contributed by atoms with van der Waals surface area (Å²) in [6.07, 6.45) is 9.76. The summed E-state index contributed by atoms with van der Waals surface area (Å²) >= 11 is 0. The minimum atomic E-state index is -0.692. The molecule has 0 aromatic carbocycles. The maximum Gasteiger partial charge on any atom is 0.303 e. The number of aromatic nitrogens is 1. The van der Waals surface area contributed by atoms with E-state index in [4.69, 9.17) is 5.11 Å². The molecule has 0 spiro atoms. The second-order valence-corrected chi connectivity index (χ2v) is 5.09. The van der Waals surface area contributed by atoms with Crippen LogP contribution in [0.4, 0.5) is 0 Å². The van der Waals surface area contributed by atoms with E-state index >= 15 is 0 Å². The Balaban J connectivity index is 2.34. The fraction of sp³-hybridized carbons (Fsp3) is 0.625. The molecule has 1 rings (SSSR count). The standard InChI is InChI=1S/C16H25NO2/c1-3-14(4-2)15-9-12-17(13-10-15)11-7-5-6-8-16(18)19/h9-10,12-14H,3-8,11H2,1-2H3/p+1. The normalized spacial score (nSPS) is 10.9. The molecule has 0 atom stereocenters. The van der Waals surface area contributed by atoms with Crippen LogP contribution in [0.25, 0.3) is 0 Å². The Hall–Kier alpha value is -1.38. The predicted molar refractivity (Wildman–Crippen MR) is 76.1 cm³/mol. The molecule has 0 amide bonds. The zero-order chi connectivity index (χ0) is 14.1. The molecule has 0 bridgehead atoms. The Labute approximate surface area is 116 Å². The lowest BCUT2D eigenvalue weighted by atomic mass is 9.95. The number of unbranched alkanes of at least 4 members (excludes halogenated alkanes) is 2. The van der Waals surface area contributed by atoms with Crippen molar-refractivity contribution in [2.45, 2.75) is 64.8 Å². The molecule has 106 valence electrons. The summed E-state index contributed by atoms with van der Waals surface area (Å²) in [6, 6.07) is 4.43. The molecule has 0 saturated carbocycles. The number of hydrogen-bond acceptors (Lipinski definition) is 1. The molecule has 3 nitrogen and oxygen atoms in total. The van der Waals surface area contributed by atoms with Gasteiger partial charge in [0.1, 0.15) is 6.54 Å². The van der Waals surface area contributed by atoms with Gasteiger partial charge in [-0.25, -0.2) is 4.57 Å². The predicted octanol–water partition coefficient (Wildman–Crippen LogP) is 3.52. The van der Waals surface area contributed by atoms with Crippen molar-refractivity contribution < 1.29 is 14.5 Å². The van der Waals surface area contributed by atoms with Gasteiger partial charge in [-0.3, -0.25) is 4.79 Å². The maximum absolute atomic E-state index is 10.4. The molecular formula is C16H26NO2+. The van der Waals surface area contributed by atoms with Crippen LogP contribution >= 0.6 is 0 Å². The van der Waals surface area contributed by atoms with Gasteiger partial charge in [0, 0.05) is 25.0 Å². The molecule has 1 N–H and O–H groups in total. The van der Waals surface area contributed by atoms with E-state index in [1.165, 1.54) is 18.4 Å². The molecule has 0 saturated heterocycles. The van der Waals surface area contributed by atoms with Gasteiger partial charge >= 0.3 is 5.97 Å². The van der Waals surface area contributed by atoms with E-state index in [0.29, 0.717) is 5.92 Å². The Morgan fingerprint density at radius 2 is 1.79 bits per heavy atom. The molecule has 0 aliphatic carbocycles. The van der Waals surface area contributed by atoms with Crippen molar-refractivity contribution in [3.05, 3.63) is 30.1 Å². The molecule has 0 aliphatic heterocycles. The highest BCUT2D eigenvalue weighted by atomic mass is 16.4. The number of carbonyl (C=O) groups is 1. The molecule has 0 fully saturated rings. The third-order valence-corrected chi connectivity index (χ3v) is 3.68. The van der Waals surface area contributed by atoms with Crippen LogP contribution < -0.4 is 4.57 Å². The summed E-state index contributed by atoms with van der Waals surface area (Å²) in [4.78, 5) is 10.4. The first-order valence-corrected chi connectivity index (χ1v) is 7.38. The van der Waals surface area contributed by atoms with Crippen molar-refractivity contribution in [1.29, 1.82) is 0 Å². The van der Waals surface area contributed by atoms with Gasteiger partial charge in [0.15, 0.2) is 12.4 Å². The first kappa shape index (κ1) is 15.7. The Bertz CT molecular complexity index is 369. The SMILES string of the molecule is CCC(CC)c1cc[n+](CCCCCC(=O)O)cc1. The lowest BCUT2D eigenvalue weighted by Crippen LogP contribution is -2.32. The molecule has 1 heterocycles. The van der Waals surface area contributed by atoms with Crippen LogP contribution in [0.3, 0.4) is 0 Å². The molecule has 1 aromatic rings. The van der Waals surface area contributed by atoms with Crippen molar-refractivity contribution in [3.63, 3.8) is 0 Å². The first-order valence-electron chi connectivity index (χ1n) is 7.38. The van der Waals surface area contributed by atoms with Gasteiger partial charge < -0.3 is 5.11 Å².